The number of halogens is 1. The molecule has 1 unspecified atom stereocenters. The summed E-state index contributed by atoms with van der Waals surface area (Å²) in [4.78, 5) is 14.5. The topological polar surface area (TPSA) is 49.8 Å². The highest BCUT2D eigenvalue weighted by atomic mass is 35.5. The predicted molar refractivity (Wildman–Crippen MR) is 78.4 cm³/mol. The first-order chi connectivity index (χ1) is 9.67. The molecule has 0 radical (unpaired) electrons. The number of benzene rings is 1. The minimum atomic E-state index is -0.120. The van der Waals surface area contributed by atoms with Gasteiger partial charge in [-0.15, -0.1) is 0 Å². The second-order valence-electron chi connectivity index (χ2n) is 5.03. The third-order valence-electron chi connectivity index (χ3n) is 3.74. The van der Waals surface area contributed by atoms with Crippen molar-refractivity contribution >= 4 is 17.5 Å². The minimum absolute atomic E-state index is 0.00534. The van der Waals surface area contributed by atoms with Gasteiger partial charge in [-0.25, -0.2) is 0 Å². The van der Waals surface area contributed by atoms with E-state index >= 15 is 0 Å². The molecule has 110 valence electrons. The number of rotatable bonds is 3. The van der Waals surface area contributed by atoms with Crippen molar-refractivity contribution in [1.82, 2.24) is 4.90 Å². The molecule has 1 aliphatic heterocycles. The van der Waals surface area contributed by atoms with Crippen molar-refractivity contribution < 1.29 is 14.6 Å². The van der Waals surface area contributed by atoms with Crippen molar-refractivity contribution in [1.29, 1.82) is 0 Å². The number of hydrogen-bond acceptors (Lipinski definition) is 3. The van der Waals surface area contributed by atoms with Crippen molar-refractivity contribution in [3.05, 3.63) is 28.8 Å². The maximum atomic E-state index is 12.7. The predicted octanol–water partition coefficient (Wildman–Crippen LogP) is 2.73. The van der Waals surface area contributed by atoms with Gasteiger partial charge in [-0.1, -0.05) is 24.4 Å². The molecule has 1 N–H and O–H groups in total. The van der Waals surface area contributed by atoms with Crippen LogP contribution in [0.1, 0.15) is 36.0 Å². The molecule has 1 aromatic carbocycles. The SMILES string of the molecule is COc1ccc(Cl)cc1C(=O)N1CCCCCC1CO. The summed E-state index contributed by atoms with van der Waals surface area (Å²) in [6.45, 7) is 0.661. The van der Waals surface area contributed by atoms with Gasteiger partial charge in [0.15, 0.2) is 0 Å². The van der Waals surface area contributed by atoms with E-state index in [1.54, 1.807) is 23.1 Å². The van der Waals surface area contributed by atoms with Gasteiger partial charge < -0.3 is 14.7 Å². The van der Waals surface area contributed by atoms with Crippen LogP contribution < -0.4 is 4.74 Å². The second-order valence-corrected chi connectivity index (χ2v) is 5.47. The van der Waals surface area contributed by atoms with Gasteiger partial charge in [-0.2, -0.15) is 0 Å². The lowest BCUT2D eigenvalue weighted by Gasteiger charge is -2.29. The summed E-state index contributed by atoms with van der Waals surface area (Å²) in [6.07, 6.45) is 3.94. The number of hydrogen-bond donors (Lipinski definition) is 1. The summed E-state index contributed by atoms with van der Waals surface area (Å²) in [6, 6.07) is 4.90. The van der Waals surface area contributed by atoms with Crippen molar-refractivity contribution in [2.45, 2.75) is 31.7 Å². The molecule has 2 rings (SSSR count). The lowest BCUT2D eigenvalue weighted by atomic mass is 10.1. The van der Waals surface area contributed by atoms with E-state index < -0.39 is 0 Å². The smallest absolute Gasteiger partial charge is 0.258 e. The van der Waals surface area contributed by atoms with Crippen molar-refractivity contribution in [2.24, 2.45) is 0 Å². The molecule has 1 saturated heterocycles. The molecule has 0 spiro atoms. The Morgan fingerprint density at radius 2 is 2.25 bits per heavy atom. The van der Waals surface area contributed by atoms with Gasteiger partial charge in [0.1, 0.15) is 5.75 Å². The van der Waals surface area contributed by atoms with E-state index in [2.05, 4.69) is 0 Å². The third-order valence-corrected chi connectivity index (χ3v) is 3.98. The van der Waals surface area contributed by atoms with Crippen LogP contribution >= 0.6 is 11.6 Å². The Morgan fingerprint density at radius 1 is 1.45 bits per heavy atom. The Labute approximate surface area is 124 Å². The second kappa shape index (κ2) is 6.95. The molecule has 4 nitrogen and oxygen atoms in total. The average Bonchev–Trinajstić information content (AvgIpc) is 2.71. The zero-order valence-corrected chi connectivity index (χ0v) is 12.4. The number of aliphatic hydroxyl groups is 1. The molecule has 0 aliphatic carbocycles. The number of ether oxygens (including phenoxy) is 1. The molecule has 1 heterocycles. The Morgan fingerprint density at radius 3 is 2.95 bits per heavy atom. The molecule has 1 aliphatic rings. The normalized spacial score (nSPS) is 19.6. The number of methoxy groups -OCH3 is 1. The van der Waals surface area contributed by atoms with E-state index in [-0.39, 0.29) is 18.6 Å². The van der Waals surface area contributed by atoms with E-state index in [1.165, 1.54) is 7.11 Å². The van der Waals surface area contributed by atoms with Gasteiger partial charge in [0.2, 0.25) is 0 Å². The zero-order valence-electron chi connectivity index (χ0n) is 11.6. The van der Waals surface area contributed by atoms with E-state index in [9.17, 15) is 9.90 Å². The van der Waals surface area contributed by atoms with Crippen LogP contribution in [-0.4, -0.2) is 42.2 Å². The quantitative estimate of drug-likeness (QED) is 0.933. The molecule has 1 fully saturated rings. The summed E-state index contributed by atoms with van der Waals surface area (Å²) < 4.78 is 5.24. The Kier molecular flexibility index (Phi) is 5.26. The first kappa shape index (κ1) is 15.1. The summed E-state index contributed by atoms with van der Waals surface area (Å²) in [5, 5.41) is 10.0. The standard InChI is InChI=1S/C15H20ClNO3/c1-20-14-7-6-11(16)9-13(14)15(19)17-8-4-2-3-5-12(17)10-18/h6-7,9,12,18H,2-5,8,10H2,1H3. The number of amides is 1. The molecule has 1 aromatic rings. The molecular formula is C15H20ClNO3. The molecule has 1 amide bonds. The van der Waals surface area contributed by atoms with E-state index in [1.807, 2.05) is 0 Å². The first-order valence-electron chi connectivity index (χ1n) is 6.92. The summed E-state index contributed by atoms with van der Waals surface area (Å²) in [5.41, 5.74) is 0.459. The molecule has 0 bridgehead atoms. The minimum Gasteiger partial charge on any atom is -0.496 e. The fourth-order valence-electron chi connectivity index (χ4n) is 2.64. The van der Waals surface area contributed by atoms with Gasteiger partial charge in [-0.05, 0) is 31.0 Å². The Balaban J connectivity index is 2.30. The van der Waals surface area contributed by atoms with Crippen LogP contribution in [0.25, 0.3) is 0 Å². The highest BCUT2D eigenvalue weighted by Gasteiger charge is 2.27. The molecule has 20 heavy (non-hydrogen) atoms. The third kappa shape index (κ3) is 3.25. The Bertz CT molecular complexity index is 478. The summed E-state index contributed by atoms with van der Waals surface area (Å²) in [5.74, 6) is 0.394. The van der Waals surface area contributed by atoms with Crippen molar-refractivity contribution in [3.63, 3.8) is 0 Å². The summed E-state index contributed by atoms with van der Waals surface area (Å²) >= 11 is 5.98. The van der Waals surface area contributed by atoms with Gasteiger partial charge in [0.05, 0.1) is 25.3 Å². The monoisotopic (exact) mass is 297 g/mol. The maximum Gasteiger partial charge on any atom is 0.258 e. The lowest BCUT2D eigenvalue weighted by molar-refractivity contribution is 0.0596. The van der Waals surface area contributed by atoms with Crippen molar-refractivity contribution in [3.8, 4) is 5.75 Å². The fourth-order valence-corrected chi connectivity index (χ4v) is 2.81. The van der Waals surface area contributed by atoms with Crippen LogP contribution in [0.15, 0.2) is 18.2 Å². The van der Waals surface area contributed by atoms with Gasteiger partial charge >= 0.3 is 0 Å². The van der Waals surface area contributed by atoms with Gasteiger partial charge in [0.25, 0.3) is 5.91 Å². The molecule has 1 atom stereocenters. The van der Waals surface area contributed by atoms with E-state index in [0.717, 1.165) is 25.7 Å². The Hall–Kier alpha value is -1.26. The largest absolute Gasteiger partial charge is 0.496 e. The van der Waals surface area contributed by atoms with E-state index in [4.69, 9.17) is 16.3 Å². The number of carbonyl (C=O) groups is 1. The fraction of sp³-hybridized carbons (Fsp3) is 0.533. The number of aliphatic hydroxyl groups excluding tert-OH is 1. The number of likely N-dealkylation sites (tertiary alicyclic amines) is 1. The molecule has 0 saturated carbocycles. The van der Waals surface area contributed by atoms with Crippen LogP contribution in [-0.2, 0) is 0 Å². The van der Waals surface area contributed by atoms with Crippen LogP contribution in [0, 0.1) is 0 Å². The number of carbonyl (C=O) groups excluding carboxylic acids is 1. The summed E-state index contributed by atoms with van der Waals surface area (Å²) in [7, 11) is 1.53. The van der Waals surface area contributed by atoms with Crippen LogP contribution in [0.2, 0.25) is 5.02 Å². The maximum absolute atomic E-state index is 12.7. The highest BCUT2D eigenvalue weighted by Crippen LogP contribution is 2.26. The van der Waals surface area contributed by atoms with Gasteiger partial charge in [0, 0.05) is 11.6 Å². The highest BCUT2D eigenvalue weighted by molar-refractivity contribution is 6.31. The van der Waals surface area contributed by atoms with Crippen LogP contribution in [0.3, 0.4) is 0 Å². The van der Waals surface area contributed by atoms with E-state index in [0.29, 0.717) is 22.9 Å². The van der Waals surface area contributed by atoms with Crippen LogP contribution in [0.4, 0.5) is 0 Å². The molecular weight excluding hydrogens is 278 g/mol. The first-order valence-corrected chi connectivity index (χ1v) is 7.30. The van der Waals surface area contributed by atoms with Gasteiger partial charge in [-0.3, -0.25) is 4.79 Å². The number of nitrogens with zero attached hydrogens (tertiary/aromatic N) is 1. The average molecular weight is 298 g/mol. The van der Waals surface area contributed by atoms with Crippen molar-refractivity contribution in [2.75, 3.05) is 20.3 Å². The van der Waals surface area contributed by atoms with Crippen LogP contribution in [0.5, 0.6) is 5.75 Å². The lowest BCUT2D eigenvalue weighted by Crippen LogP contribution is -2.42. The molecule has 5 heteroatoms. The molecule has 0 aromatic heterocycles. The zero-order chi connectivity index (χ0) is 14.5.